The summed E-state index contributed by atoms with van der Waals surface area (Å²) in [5, 5.41) is 6.00. The van der Waals surface area contributed by atoms with Gasteiger partial charge >= 0.3 is 0 Å². The molecule has 1 heterocycles. The maximum absolute atomic E-state index is 11.7. The normalized spacial score (nSPS) is 18.6. The van der Waals surface area contributed by atoms with Gasteiger partial charge in [0.25, 0.3) is 0 Å². The number of ether oxygens (including phenoxy) is 1. The third-order valence-electron chi connectivity index (χ3n) is 2.69. The molecule has 18 heavy (non-hydrogen) atoms. The summed E-state index contributed by atoms with van der Waals surface area (Å²) in [6.07, 6.45) is 0. The summed E-state index contributed by atoms with van der Waals surface area (Å²) in [5.41, 5.74) is 1.17. The van der Waals surface area contributed by atoms with E-state index in [1.54, 1.807) is 11.8 Å². The molecule has 1 atom stereocenters. The molecule has 1 aromatic rings. The van der Waals surface area contributed by atoms with Crippen LogP contribution in [-0.4, -0.2) is 36.7 Å². The van der Waals surface area contributed by atoms with Crippen LogP contribution in [0.5, 0.6) is 5.75 Å². The van der Waals surface area contributed by atoms with Crippen LogP contribution in [0.3, 0.4) is 0 Å². The van der Waals surface area contributed by atoms with E-state index in [9.17, 15) is 4.79 Å². The molecular formula is C13H18N2O2S. The van der Waals surface area contributed by atoms with Gasteiger partial charge in [0.1, 0.15) is 12.4 Å². The lowest BCUT2D eigenvalue weighted by molar-refractivity contribution is -0.122. The summed E-state index contributed by atoms with van der Waals surface area (Å²) in [4.78, 5) is 11.7. The van der Waals surface area contributed by atoms with Crippen molar-refractivity contribution >= 4 is 17.7 Å². The van der Waals surface area contributed by atoms with Gasteiger partial charge in [-0.3, -0.25) is 10.1 Å². The highest BCUT2D eigenvalue weighted by molar-refractivity contribution is 7.99. The second kappa shape index (κ2) is 6.66. The van der Waals surface area contributed by atoms with E-state index < -0.39 is 0 Å². The topological polar surface area (TPSA) is 50.4 Å². The lowest BCUT2D eigenvalue weighted by Crippen LogP contribution is -2.43. The van der Waals surface area contributed by atoms with E-state index in [1.165, 1.54) is 5.56 Å². The zero-order valence-corrected chi connectivity index (χ0v) is 11.3. The predicted octanol–water partition coefficient (Wildman–Crippen LogP) is 1.15. The smallest absolute Gasteiger partial charge is 0.238 e. The maximum Gasteiger partial charge on any atom is 0.238 e. The number of carbonyl (C=O) groups excluding carboxylic acids is 1. The van der Waals surface area contributed by atoms with Crippen LogP contribution in [0, 0.1) is 6.92 Å². The monoisotopic (exact) mass is 266 g/mol. The van der Waals surface area contributed by atoms with Crippen LogP contribution >= 0.6 is 11.8 Å². The number of hydrogen-bond acceptors (Lipinski definition) is 4. The molecule has 1 unspecified atom stereocenters. The Morgan fingerprint density at radius 2 is 2.50 bits per heavy atom. The highest BCUT2D eigenvalue weighted by Gasteiger charge is 2.21. The Labute approximate surface area is 111 Å². The van der Waals surface area contributed by atoms with Gasteiger partial charge in [0.05, 0.1) is 12.6 Å². The molecule has 0 bridgehead atoms. The Kier molecular flexibility index (Phi) is 4.90. The molecule has 1 amide bonds. The number of benzene rings is 1. The molecule has 5 heteroatoms. The number of nitrogens with one attached hydrogen (secondary N) is 2. The van der Waals surface area contributed by atoms with Crippen molar-refractivity contribution in [3.8, 4) is 5.75 Å². The number of hydrogen-bond donors (Lipinski definition) is 2. The maximum atomic E-state index is 11.7. The molecule has 2 N–H and O–H groups in total. The number of aryl methyl sites for hydroxylation is 1. The summed E-state index contributed by atoms with van der Waals surface area (Å²) >= 11 is 1.74. The van der Waals surface area contributed by atoms with Crippen molar-refractivity contribution in [1.29, 1.82) is 0 Å². The van der Waals surface area contributed by atoms with Crippen LogP contribution in [0.1, 0.15) is 5.56 Å². The summed E-state index contributed by atoms with van der Waals surface area (Å²) in [7, 11) is 0. The fraction of sp³-hybridized carbons (Fsp3) is 0.462. The molecule has 0 radical (unpaired) electrons. The Morgan fingerprint density at radius 3 is 3.22 bits per heavy atom. The average molecular weight is 266 g/mol. The number of thioether (sulfide) groups is 1. The van der Waals surface area contributed by atoms with E-state index in [4.69, 9.17) is 4.74 Å². The zero-order valence-electron chi connectivity index (χ0n) is 10.4. The SMILES string of the molecule is Cc1cccc(OCCNC(=O)C2CSCN2)c1. The quantitative estimate of drug-likeness (QED) is 0.785. The van der Waals surface area contributed by atoms with Gasteiger partial charge in [-0.15, -0.1) is 11.8 Å². The molecule has 0 aromatic heterocycles. The van der Waals surface area contributed by atoms with Crippen molar-refractivity contribution in [2.45, 2.75) is 13.0 Å². The van der Waals surface area contributed by atoms with Crippen LogP contribution in [-0.2, 0) is 4.79 Å². The first-order chi connectivity index (χ1) is 8.75. The van der Waals surface area contributed by atoms with E-state index in [0.717, 1.165) is 17.4 Å². The largest absolute Gasteiger partial charge is 0.492 e. The molecule has 0 saturated carbocycles. The molecule has 4 nitrogen and oxygen atoms in total. The van der Waals surface area contributed by atoms with E-state index >= 15 is 0 Å². The Morgan fingerprint density at radius 1 is 1.61 bits per heavy atom. The van der Waals surface area contributed by atoms with Crippen LogP contribution in [0.25, 0.3) is 0 Å². The first-order valence-corrected chi connectivity index (χ1v) is 7.19. The minimum Gasteiger partial charge on any atom is -0.492 e. The zero-order chi connectivity index (χ0) is 12.8. The average Bonchev–Trinajstić information content (AvgIpc) is 2.88. The number of amides is 1. The second-order valence-electron chi connectivity index (χ2n) is 4.23. The number of rotatable bonds is 5. The lowest BCUT2D eigenvalue weighted by atomic mass is 10.2. The van der Waals surface area contributed by atoms with Gasteiger partial charge in [-0.2, -0.15) is 0 Å². The standard InChI is InChI=1S/C13H18N2O2S/c1-10-3-2-4-11(7-10)17-6-5-14-13(16)12-8-18-9-15-12/h2-4,7,12,15H,5-6,8-9H2,1H3,(H,14,16). The van der Waals surface area contributed by atoms with Crippen molar-refractivity contribution in [2.24, 2.45) is 0 Å². The molecular weight excluding hydrogens is 248 g/mol. The molecule has 98 valence electrons. The van der Waals surface area contributed by atoms with Gasteiger partial charge in [-0.1, -0.05) is 12.1 Å². The third kappa shape index (κ3) is 3.92. The molecule has 0 spiro atoms. The fourth-order valence-corrected chi connectivity index (χ4v) is 2.68. The van der Waals surface area contributed by atoms with Crippen molar-refractivity contribution in [1.82, 2.24) is 10.6 Å². The summed E-state index contributed by atoms with van der Waals surface area (Å²) < 4.78 is 5.56. The molecule has 0 aliphatic carbocycles. The van der Waals surface area contributed by atoms with Crippen LogP contribution in [0.15, 0.2) is 24.3 Å². The van der Waals surface area contributed by atoms with Gasteiger partial charge in [0.15, 0.2) is 0 Å². The summed E-state index contributed by atoms with van der Waals surface area (Å²) in [6.45, 7) is 3.06. The van der Waals surface area contributed by atoms with Gasteiger partial charge in [-0.25, -0.2) is 0 Å². The third-order valence-corrected chi connectivity index (χ3v) is 3.63. The van der Waals surface area contributed by atoms with Gasteiger partial charge in [-0.05, 0) is 24.6 Å². The fourth-order valence-electron chi connectivity index (χ4n) is 1.74. The van der Waals surface area contributed by atoms with Crippen molar-refractivity contribution in [2.75, 3.05) is 24.8 Å². The predicted molar refractivity (Wildman–Crippen MR) is 73.9 cm³/mol. The molecule has 1 aliphatic heterocycles. The molecule has 1 fully saturated rings. The van der Waals surface area contributed by atoms with Gasteiger partial charge in [0, 0.05) is 11.6 Å². The highest BCUT2D eigenvalue weighted by atomic mass is 32.2. The highest BCUT2D eigenvalue weighted by Crippen LogP contribution is 2.12. The first kappa shape index (κ1) is 13.2. The van der Waals surface area contributed by atoms with E-state index in [0.29, 0.717) is 13.2 Å². The minimum atomic E-state index is -0.0473. The van der Waals surface area contributed by atoms with Crippen molar-refractivity contribution in [3.05, 3.63) is 29.8 Å². The van der Waals surface area contributed by atoms with E-state index in [2.05, 4.69) is 10.6 Å². The van der Waals surface area contributed by atoms with Gasteiger partial charge < -0.3 is 10.1 Å². The van der Waals surface area contributed by atoms with Crippen LogP contribution < -0.4 is 15.4 Å². The summed E-state index contributed by atoms with van der Waals surface area (Å²) in [5.74, 6) is 2.62. The Balaban J connectivity index is 1.65. The first-order valence-electron chi connectivity index (χ1n) is 6.04. The minimum absolute atomic E-state index is 0.0473. The molecule has 1 aliphatic rings. The van der Waals surface area contributed by atoms with Crippen molar-refractivity contribution < 1.29 is 9.53 Å². The van der Waals surface area contributed by atoms with Crippen molar-refractivity contribution in [3.63, 3.8) is 0 Å². The Hall–Kier alpha value is -1.20. The summed E-state index contributed by atoms with van der Waals surface area (Å²) in [6, 6.07) is 7.84. The van der Waals surface area contributed by atoms with E-state index in [1.807, 2.05) is 31.2 Å². The lowest BCUT2D eigenvalue weighted by Gasteiger charge is -2.11. The number of carbonyl (C=O) groups is 1. The van der Waals surface area contributed by atoms with Crippen LogP contribution in [0.4, 0.5) is 0 Å². The molecule has 1 aromatic carbocycles. The van der Waals surface area contributed by atoms with Gasteiger partial charge in [0.2, 0.25) is 5.91 Å². The van der Waals surface area contributed by atoms with E-state index in [-0.39, 0.29) is 11.9 Å². The molecule has 2 rings (SSSR count). The van der Waals surface area contributed by atoms with Crippen LogP contribution in [0.2, 0.25) is 0 Å². The Bertz CT molecular complexity index is 406. The molecule has 1 saturated heterocycles. The second-order valence-corrected chi connectivity index (χ2v) is 5.26.